The monoisotopic (exact) mass is 467 g/mol. The summed E-state index contributed by atoms with van der Waals surface area (Å²) < 4.78 is 28.9. The summed E-state index contributed by atoms with van der Waals surface area (Å²) in [4.78, 5) is 25.2. The van der Waals surface area contributed by atoms with Crippen molar-refractivity contribution in [2.75, 3.05) is 25.0 Å². The quantitative estimate of drug-likeness (QED) is 0.571. The van der Waals surface area contributed by atoms with Crippen LogP contribution >= 0.6 is 0 Å². The lowest BCUT2D eigenvalue weighted by Gasteiger charge is -2.49. The molecule has 3 aromatic rings. The van der Waals surface area contributed by atoms with Gasteiger partial charge < -0.3 is 14.8 Å². The Morgan fingerprint density at radius 3 is 2.29 bits per heavy atom. The third-order valence-electron chi connectivity index (χ3n) is 7.87. The van der Waals surface area contributed by atoms with Crippen molar-refractivity contribution in [3.05, 3.63) is 62.8 Å². The highest BCUT2D eigenvalue weighted by Crippen LogP contribution is 2.39. The molecular formula is C26H31F2N5O. The van der Waals surface area contributed by atoms with Gasteiger partial charge in [-0.3, -0.25) is 4.79 Å². The van der Waals surface area contributed by atoms with E-state index in [-0.39, 0.29) is 22.7 Å². The number of rotatable bonds is 5. The summed E-state index contributed by atoms with van der Waals surface area (Å²) >= 11 is 0. The van der Waals surface area contributed by atoms with Gasteiger partial charge in [0.2, 0.25) is 0 Å². The van der Waals surface area contributed by atoms with Gasteiger partial charge in [-0.1, -0.05) is 18.2 Å². The van der Waals surface area contributed by atoms with E-state index in [2.05, 4.69) is 20.2 Å². The number of hydrogen-bond acceptors (Lipinski definition) is 5. The minimum atomic E-state index is -2.52. The molecule has 5 heterocycles. The van der Waals surface area contributed by atoms with Crippen LogP contribution in [0.15, 0.2) is 29.2 Å². The fourth-order valence-electron chi connectivity index (χ4n) is 5.75. The highest BCUT2D eigenvalue weighted by atomic mass is 19.3. The van der Waals surface area contributed by atoms with Crippen molar-refractivity contribution in [1.82, 2.24) is 19.4 Å². The van der Waals surface area contributed by atoms with E-state index in [1.165, 1.54) is 6.07 Å². The van der Waals surface area contributed by atoms with Crippen molar-refractivity contribution in [2.24, 2.45) is 0 Å². The van der Waals surface area contributed by atoms with E-state index in [1.807, 2.05) is 30.7 Å². The predicted octanol–water partition coefficient (Wildman–Crippen LogP) is 5.02. The smallest absolute Gasteiger partial charge is 0.264 e. The zero-order valence-corrected chi connectivity index (χ0v) is 20.2. The molecule has 3 aliphatic heterocycles. The van der Waals surface area contributed by atoms with E-state index in [4.69, 9.17) is 0 Å². The fourth-order valence-corrected chi connectivity index (χ4v) is 5.75. The molecule has 0 radical (unpaired) electrons. The van der Waals surface area contributed by atoms with Crippen LogP contribution in [0.5, 0.6) is 0 Å². The lowest BCUT2D eigenvalue weighted by atomic mass is 9.79. The van der Waals surface area contributed by atoms with Gasteiger partial charge in [-0.05, 0) is 58.1 Å². The number of nitrogens with zero attached hydrogens (tertiary/aromatic N) is 4. The van der Waals surface area contributed by atoms with Crippen LogP contribution in [-0.2, 0) is 5.54 Å². The molecule has 34 heavy (non-hydrogen) atoms. The number of hydrogen-bond donors (Lipinski definition) is 1. The van der Waals surface area contributed by atoms with Gasteiger partial charge in [0.05, 0.1) is 22.5 Å². The van der Waals surface area contributed by atoms with Crippen molar-refractivity contribution in [2.45, 2.75) is 65.0 Å². The average molecular weight is 468 g/mol. The minimum absolute atomic E-state index is 0.0143. The van der Waals surface area contributed by atoms with Gasteiger partial charge in [0.25, 0.3) is 12.0 Å². The topological polar surface area (TPSA) is 63.1 Å². The van der Waals surface area contributed by atoms with Crippen LogP contribution in [0.1, 0.15) is 66.7 Å². The van der Waals surface area contributed by atoms with Crippen molar-refractivity contribution < 1.29 is 8.78 Å². The molecule has 2 bridgehead atoms. The summed E-state index contributed by atoms with van der Waals surface area (Å²) in [5.74, 6) is 1.18. The third kappa shape index (κ3) is 3.68. The number of benzene rings is 1. The van der Waals surface area contributed by atoms with Gasteiger partial charge in [-0.25, -0.2) is 18.7 Å². The molecule has 1 aromatic carbocycles. The largest absolute Gasteiger partial charge is 0.363 e. The van der Waals surface area contributed by atoms with E-state index in [0.717, 1.165) is 49.8 Å². The molecule has 3 fully saturated rings. The van der Waals surface area contributed by atoms with Crippen LogP contribution in [0.2, 0.25) is 0 Å². The normalized spacial score (nSPS) is 23.0. The zero-order valence-electron chi connectivity index (χ0n) is 20.2. The molecule has 1 N–H and O–H groups in total. The van der Waals surface area contributed by atoms with Gasteiger partial charge in [-0.15, -0.1) is 0 Å². The number of fused-ring (bicyclic) bond motifs is 4. The molecular weight excluding hydrogens is 436 g/mol. The van der Waals surface area contributed by atoms with Gasteiger partial charge >= 0.3 is 0 Å². The Bertz CT molecular complexity index is 1300. The number of aryl methyl sites for hydroxylation is 2. The second kappa shape index (κ2) is 8.41. The Labute approximate surface area is 198 Å². The highest BCUT2D eigenvalue weighted by molar-refractivity contribution is 5.90. The Balaban J connectivity index is 1.61. The Kier molecular flexibility index (Phi) is 5.67. The van der Waals surface area contributed by atoms with Crippen LogP contribution in [0.3, 0.4) is 0 Å². The molecule has 3 aliphatic rings. The number of piperidine rings is 3. The second-order valence-corrected chi connectivity index (χ2v) is 9.86. The van der Waals surface area contributed by atoms with E-state index in [0.29, 0.717) is 28.3 Å². The minimum Gasteiger partial charge on any atom is -0.363 e. The highest BCUT2D eigenvalue weighted by Gasteiger charge is 2.41. The molecule has 0 saturated carbocycles. The first-order valence-corrected chi connectivity index (χ1v) is 12.0. The standard InChI is InChI=1S/C26H31F2N5O/c1-15-19(6-5-7-20(15)23(27)28)17(3)29-24-21-14-33(26-8-11-32(12-9-26)13-10-26)25(34)16(2)22(21)30-18(4)31-24/h5-7,14,17,23H,8-13H2,1-4H3,(H,29,30,31)/t17-/m0/s1. The van der Waals surface area contributed by atoms with Crippen LogP contribution in [0.4, 0.5) is 14.6 Å². The van der Waals surface area contributed by atoms with Gasteiger partial charge in [0.1, 0.15) is 11.6 Å². The molecule has 6 nitrogen and oxygen atoms in total. The summed E-state index contributed by atoms with van der Waals surface area (Å²) in [6, 6.07) is 4.75. The fraction of sp³-hybridized carbons (Fsp3) is 0.500. The Morgan fingerprint density at radius 2 is 1.65 bits per heavy atom. The number of anilines is 1. The van der Waals surface area contributed by atoms with Crippen molar-refractivity contribution in [3.63, 3.8) is 0 Å². The molecule has 0 unspecified atom stereocenters. The molecule has 180 valence electrons. The lowest BCUT2D eigenvalue weighted by molar-refractivity contribution is 0.0327. The number of aromatic nitrogens is 3. The van der Waals surface area contributed by atoms with Gasteiger partial charge in [-0.2, -0.15) is 0 Å². The van der Waals surface area contributed by atoms with Gasteiger partial charge in [0, 0.05) is 37.0 Å². The molecule has 0 spiro atoms. The number of halogens is 2. The summed E-state index contributed by atoms with van der Waals surface area (Å²) in [5, 5.41) is 4.24. The first kappa shape index (κ1) is 22.9. The van der Waals surface area contributed by atoms with E-state index in [9.17, 15) is 13.6 Å². The first-order chi connectivity index (χ1) is 16.2. The SMILES string of the molecule is Cc1nc(N[C@@H](C)c2cccc(C(F)F)c2C)c2cn(C34CCN(CC3)CC4)c(=O)c(C)c2n1. The number of nitrogens with one attached hydrogen (secondary N) is 1. The van der Waals surface area contributed by atoms with E-state index >= 15 is 0 Å². The first-order valence-electron chi connectivity index (χ1n) is 12.0. The predicted molar refractivity (Wildman–Crippen MR) is 130 cm³/mol. The zero-order chi connectivity index (χ0) is 24.2. The summed E-state index contributed by atoms with van der Waals surface area (Å²) in [5.41, 5.74) is 2.53. The van der Waals surface area contributed by atoms with E-state index < -0.39 is 6.43 Å². The second-order valence-electron chi connectivity index (χ2n) is 9.86. The average Bonchev–Trinajstić information content (AvgIpc) is 2.82. The molecule has 1 atom stereocenters. The lowest BCUT2D eigenvalue weighted by Crippen LogP contribution is -2.56. The molecule has 3 saturated heterocycles. The molecule has 0 amide bonds. The summed E-state index contributed by atoms with van der Waals surface area (Å²) in [6.07, 6.45) is 2.30. The molecule has 2 aromatic heterocycles. The molecule has 6 rings (SSSR count). The maximum atomic E-state index is 13.5. The van der Waals surface area contributed by atoms with Crippen LogP contribution < -0.4 is 10.9 Å². The van der Waals surface area contributed by atoms with Crippen LogP contribution in [0, 0.1) is 20.8 Å². The summed E-state index contributed by atoms with van der Waals surface area (Å²) in [6.45, 7) is 10.3. The van der Waals surface area contributed by atoms with Gasteiger partial charge in [0.15, 0.2) is 0 Å². The Hall–Kier alpha value is -2.87. The number of alkyl halides is 2. The van der Waals surface area contributed by atoms with Crippen molar-refractivity contribution in [1.29, 1.82) is 0 Å². The third-order valence-corrected chi connectivity index (χ3v) is 7.87. The van der Waals surface area contributed by atoms with Crippen molar-refractivity contribution in [3.8, 4) is 0 Å². The van der Waals surface area contributed by atoms with E-state index in [1.54, 1.807) is 19.9 Å². The van der Waals surface area contributed by atoms with Crippen LogP contribution in [-0.4, -0.2) is 39.1 Å². The molecule has 0 aliphatic carbocycles. The number of pyridine rings is 1. The van der Waals surface area contributed by atoms with Crippen molar-refractivity contribution >= 4 is 16.7 Å². The Morgan fingerprint density at radius 1 is 1.00 bits per heavy atom. The maximum absolute atomic E-state index is 13.5. The summed E-state index contributed by atoms with van der Waals surface area (Å²) in [7, 11) is 0. The van der Waals surface area contributed by atoms with Crippen LogP contribution in [0.25, 0.3) is 10.9 Å². The molecule has 8 heteroatoms. The maximum Gasteiger partial charge on any atom is 0.264 e.